The summed E-state index contributed by atoms with van der Waals surface area (Å²) in [6.45, 7) is 0. The number of hydrogen-bond acceptors (Lipinski definition) is 3. The second-order valence-corrected chi connectivity index (χ2v) is 5.87. The maximum Gasteiger partial charge on any atom is 0.240 e. The maximum absolute atomic E-state index is 12.3. The molecule has 1 radical (unpaired) electrons. The molecule has 1 N–H and O–H groups in total. The van der Waals surface area contributed by atoms with Crippen molar-refractivity contribution in [1.29, 1.82) is 0 Å². The van der Waals surface area contributed by atoms with Gasteiger partial charge in [-0.3, -0.25) is 9.59 Å². The van der Waals surface area contributed by atoms with Crippen LogP contribution in [0.5, 0.6) is 0 Å². The number of amides is 1. The number of fused-ring (bicyclic) bond motifs is 1. The van der Waals surface area contributed by atoms with Crippen LogP contribution in [-0.2, 0) is 9.59 Å². The molecule has 2 aromatic rings. The number of carbonyl (C=O) groups excluding carboxylic acids is 2. The number of nitrogens with one attached hydrogen (secondary N) is 1. The first-order chi connectivity index (χ1) is 9.65. The van der Waals surface area contributed by atoms with Gasteiger partial charge >= 0.3 is 0 Å². The molecule has 3 rings (SSSR count). The molecule has 6 heteroatoms. The Kier molecular flexibility index (Phi) is 5.52. The number of thioether (sulfide) groups is 1. The van der Waals surface area contributed by atoms with E-state index < -0.39 is 5.92 Å². The summed E-state index contributed by atoms with van der Waals surface area (Å²) in [6, 6.07) is 14.2. The van der Waals surface area contributed by atoms with Crippen molar-refractivity contribution in [3.05, 3.63) is 59.1 Å². The van der Waals surface area contributed by atoms with Crippen LogP contribution in [0.1, 0.15) is 11.5 Å². The Morgan fingerprint density at radius 1 is 1.14 bits per heavy atom. The zero-order chi connectivity index (χ0) is 14.1. The van der Waals surface area contributed by atoms with Gasteiger partial charge in [-0.1, -0.05) is 47.6 Å². The summed E-state index contributed by atoms with van der Waals surface area (Å²) in [5.41, 5.74) is 1.35. The molecule has 0 aliphatic carbocycles. The molecule has 101 valence electrons. The molecule has 1 aliphatic heterocycles. The minimum atomic E-state index is -0.754. The second kappa shape index (κ2) is 6.99. The predicted molar refractivity (Wildman–Crippen MR) is 85.9 cm³/mol. The minimum absolute atomic E-state index is 0. The van der Waals surface area contributed by atoms with Gasteiger partial charge in [-0.05, 0) is 29.8 Å². The fourth-order valence-electron chi connectivity index (χ4n) is 2.14. The fourth-order valence-corrected chi connectivity index (χ4v) is 3.34. The zero-order valence-electron chi connectivity index (χ0n) is 11.3. The minimum Gasteiger partial charge on any atom is -0.325 e. The molecule has 0 bridgehead atoms. The van der Waals surface area contributed by atoms with E-state index >= 15 is 0 Å². The molecule has 21 heavy (non-hydrogen) atoms. The SMILES string of the molecule is O=C(Nc1cccc(Cl)c1)C1C(=O)Sc2ccccc21.[Na]. The Labute approximate surface area is 153 Å². The first-order valence-corrected chi connectivity index (χ1v) is 7.21. The summed E-state index contributed by atoms with van der Waals surface area (Å²) in [7, 11) is 0. The fraction of sp³-hybridized carbons (Fsp3) is 0.0667. The summed E-state index contributed by atoms with van der Waals surface area (Å²) < 4.78 is 0. The maximum atomic E-state index is 12.3. The summed E-state index contributed by atoms with van der Waals surface area (Å²) in [4.78, 5) is 25.2. The van der Waals surface area contributed by atoms with Crippen molar-refractivity contribution in [2.45, 2.75) is 10.8 Å². The molecule has 1 amide bonds. The Morgan fingerprint density at radius 3 is 2.67 bits per heavy atom. The van der Waals surface area contributed by atoms with E-state index in [-0.39, 0.29) is 40.6 Å². The Balaban J connectivity index is 0.00000161. The van der Waals surface area contributed by atoms with Crippen molar-refractivity contribution in [1.82, 2.24) is 0 Å². The first kappa shape index (κ1) is 16.6. The average Bonchev–Trinajstić information content (AvgIpc) is 2.74. The smallest absolute Gasteiger partial charge is 0.240 e. The van der Waals surface area contributed by atoms with Crippen LogP contribution in [0.3, 0.4) is 0 Å². The molecule has 0 fully saturated rings. The normalized spacial score (nSPS) is 16.0. The van der Waals surface area contributed by atoms with Crippen LogP contribution in [0, 0.1) is 0 Å². The van der Waals surface area contributed by atoms with Crippen molar-refractivity contribution >= 4 is 69.6 Å². The van der Waals surface area contributed by atoms with Crippen LogP contribution in [-0.4, -0.2) is 40.6 Å². The largest absolute Gasteiger partial charge is 0.325 e. The van der Waals surface area contributed by atoms with E-state index in [0.29, 0.717) is 10.7 Å². The summed E-state index contributed by atoms with van der Waals surface area (Å²) >= 11 is 6.99. The number of benzene rings is 2. The second-order valence-electron chi connectivity index (χ2n) is 4.39. The van der Waals surface area contributed by atoms with Gasteiger partial charge in [0.1, 0.15) is 5.92 Å². The first-order valence-electron chi connectivity index (χ1n) is 6.02. The zero-order valence-corrected chi connectivity index (χ0v) is 14.9. The van der Waals surface area contributed by atoms with Gasteiger partial charge in [0.2, 0.25) is 11.0 Å². The number of hydrogen-bond donors (Lipinski definition) is 1. The third-order valence-corrected chi connectivity index (χ3v) is 4.29. The number of carbonyl (C=O) groups is 2. The predicted octanol–water partition coefficient (Wildman–Crippen LogP) is 3.31. The van der Waals surface area contributed by atoms with Gasteiger partial charge in [0.25, 0.3) is 0 Å². The Morgan fingerprint density at radius 2 is 1.90 bits per heavy atom. The molecule has 1 aliphatic rings. The number of halogens is 1. The van der Waals surface area contributed by atoms with E-state index in [2.05, 4.69) is 5.32 Å². The van der Waals surface area contributed by atoms with E-state index in [1.54, 1.807) is 24.3 Å². The average molecular weight is 327 g/mol. The van der Waals surface area contributed by atoms with Crippen LogP contribution in [0.15, 0.2) is 53.4 Å². The van der Waals surface area contributed by atoms with Gasteiger partial charge in [-0.25, -0.2) is 0 Å². The summed E-state index contributed by atoms with van der Waals surface area (Å²) in [5.74, 6) is -1.08. The van der Waals surface area contributed by atoms with Gasteiger partial charge in [0, 0.05) is 45.2 Å². The van der Waals surface area contributed by atoms with Gasteiger partial charge in [0.15, 0.2) is 0 Å². The van der Waals surface area contributed by atoms with E-state index in [1.165, 1.54) is 0 Å². The molecule has 1 heterocycles. The summed E-state index contributed by atoms with van der Waals surface area (Å²) in [6.07, 6.45) is 0. The van der Waals surface area contributed by atoms with Crippen molar-refractivity contribution < 1.29 is 9.59 Å². The molecule has 2 aromatic carbocycles. The van der Waals surface area contributed by atoms with Crippen LogP contribution >= 0.6 is 23.4 Å². The van der Waals surface area contributed by atoms with Crippen molar-refractivity contribution in [2.75, 3.05) is 5.32 Å². The molecule has 0 saturated heterocycles. The van der Waals surface area contributed by atoms with E-state index in [4.69, 9.17) is 11.6 Å². The third kappa shape index (κ3) is 3.52. The van der Waals surface area contributed by atoms with Gasteiger partial charge in [-0.15, -0.1) is 0 Å². The number of anilines is 1. The van der Waals surface area contributed by atoms with Crippen molar-refractivity contribution in [3.8, 4) is 0 Å². The van der Waals surface area contributed by atoms with Gasteiger partial charge < -0.3 is 5.32 Å². The van der Waals surface area contributed by atoms with E-state index in [9.17, 15) is 9.59 Å². The van der Waals surface area contributed by atoms with Gasteiger partial charge in [-0.2, -0.15) is 0 Å². The molecular formula is C15H10ClNNaO2S. The molecular weight excluding hydrogens is 317 g/mol. The van der Waals surface area contributed by atoms with Crippen LogP contribution < -0.4 is 5.32 Å². The summed E-state index contributed by atoms with van der Waals surface area (Å²) in [5, 5.41) is 3.13. The molecule has 0 saturated carbocycles. The standard InChI is InChI=1S/C15H10ClNO2S.Na/c16-9-4-3-5-10(8-9)17-14(18)13-11-6-1-2-7-12(11)20-15(13)19;/h1-8,13H,(H,17,18);. The van der Waals surface area contributed by atoms with Crippen LogP contribution in [0.4, 0.5) is 5.69 Å². The van der Waals surface area contributed by atoms with Crippen molar-refractivity contribution in [2.24, 2.45) is 0 Å². The van der Waals surface area contributed by atoms with E-state index in [1.807, 2.05) is 24.3 Å². The van der Waals surface area contributed by atoms with Crippen molar-refractivity contribution in [3.63, 3.8) is 0 Å². The molecule has 0 spiro atoms. The quantitative estimate of drug-likeness (QED) is 0.680. The Bertz CT molecular complexity index is 708. The van der Waals surface area contributed by atoms with Crippen LogP contribution in [0.2, 0.25) is 5.02 Å². The van der Waals surface area contributed by atoms with Crippen LogP contribution in [0.25, 0.3) is 0 Å². The molecule has 3 nitrogen and oxygen atoms in total. The van der Waals surface area contributed by atoms with E-state index in [0.717, 1.165) is 22.2 Å². The Hall–Kier alpha value is -0.780. The topological polar surface area (TPSA) is 46.2 Å². The number of rotatable bonds is 2. The monoisotopic (exact) mass is 326 g/mol. The molecule has 1 atom stereocenters. The third-order valence-electron chi connectivity index (χ3n) is 3.03. The molecule has 1 unspecified atom stereocenters. The van der Waals surface area contributed by atoms with Gasteiger partial charge in [0.05, 0.1) is 0 Å². The molecule has 0 aromatic heterocycles.